The molecule has 1 aromatic heterocycles. The smallest absolute Gasteiger partial charge is 0.0610 e. The normalized spacial score (nSPS) is 18.4. The molecule has 1 aliphatic heterocycles. The van der Waals surface area contributed by atoms with Gasteiger partial charge in [0, 0.05) is 19.6 Å². The van der Waals surface area contributed by atoms with Crippen LogP contribution in [0.1, 0.15) is 23.6 Å². The zero-order chi connectivity index (χ0) is 14.7. The Bertz CT molecular complexity index is 578. The first-order valence-electron chi connectivity index (χ1n) is 7.17. The zero-order valence-electron chi connectivity index (χ0n) is 11.7. The molecule has 0 bridgehead atoms. The maximum atomic E-state index is 6.23. The van der Waals surface area contributed by atoms with E-state index >= 15 is 0 Å². The number of benzene rings is 1. The van der Waals surface area contributed by atoms with Gasteiger partial charge in [0.25, 0.3) is 0 Å². The number of rotatable bonds is 3. The van der Waals surface area contributed by atoms with Gasteiger partial charge in [-0.05, 0) is 53.1 Å². The van der Waals surface area contributed by atoms with E-state index in [2.05, 4.69) is 33.1 Å². The summed E-state index contributed by atoms with van der Waals surface area (Å²) >= 11 is 14.0. The number of nitrogens with one attached hydrogen (secondary N) is 1. The molecule has 21 heavy (non-hydrogen) atoms. The van der Waals surface area contributed by atoms with Crippen LogP contribution in [0.4, 0.5) is 0 Å². The van der Waals surface area contributed by atoms with Gasteiger partial charge in [0.15, 0.2) is 0 Å². The van der Waals surface area contributed by atoms with Crippen molar-refractivity contribution >= 4 is 34.5 Å². The van der Waals surface area contributed by atoms with E-state index in [1.807, 2.05) is 12.1 Å². The molecule has 1 aromatic carbocycles. The summed E-state index contributed by atoms with van der Waals surface area (Å²) in [5, 5.41) is 9.07. The van der Waals surface area contributed by atoms with Crippen LogP contribution in [-0.2, 0) is 0 Å². The standard InChI is InChI=1S/C16H18Cl2N2S/c17-14-3-2-12(10-15(14)18)16(13-4-9-21-11-13)20-7-1-5-19-6-8-20/h2-4,9-11,16,19H,1,5-8H2. The van der Waals surface area contributed by atoms with Gasteiger partial charge in [-0.25, -0.2) is 0 Å². The van der Waals surface area contributed by atoms with Crippen molar-refractivity contribution in [2.75, 3.05) is 26.2 Å². The zero-order valence-corrected chi connectivity index (χ0v) is 14.0. The van der Waals surface area contributed by atoms with E-state index in [1.54, 1.807) is 11.3 Å². The minimum atomic E-state index is 0.255. The molecule has 5 heteroatoms. The van der Waals surface area contributed by atoms with E-state index in [-0.39, 0.29) is 6.04 Å². The number of hydrogen-bond donors (Lipinski definition) is 1. The van der Waals surface area contributed by atoms with Gasteiger partial charge in [0.1, 0.15) is 0 Å². The second kappa shape index (κ2) is 7.12. The first-order valence-corrected chi connectivity index (χ1v) is 8.87. The first-order chi connectivity index (χ1) is 10.3. The van der Waals surface area contributed by atoms with Gasteiger partial charge in [0.2, 0.25) is 0 Å². The molecular formula is C16H18Cl2N2S. The maximum Gasteiger partial charge on any atom is 0.0610 e. The third-order valence-electron chi connectivity index (χ3n) is 3.86. The van der Waals surface area contributed by atoms with Crippen molar-refractivity contribution in [1.29, 1.82) is 0 Å². The molecule has 0 amide bonds. The molecular weight excluding hydrogens is 323 g/mol. The first kappa shape index (κ1) is 15.3. The van der Waals surface area contributed by atoms with Gasteiger partial charge >= 0.3 is 0 Å². The third-order valence-corrected chi connectivity index (χ3v) is 5.30. The van der Waals surface area contributed by atoms with E-state index in [4.69, 9.17) is 23.2 Å². The van der Waals surface area contributed by atoms with Crippen molar-refractivity contribution in [2.45, 2.75) is 12.5 Å². The van der Waals surface area contributed by atoms with E-state index in [0.717, 1.165) is 26.2 Å². The number of nitrogens with zero attached hydrogens (tertiary/aromatic N) is 1. The Balaban J connectivity index is 1.97. The van der Waals surface area contributed by atoms with Gasteiger partial charge in [-0.3, -0.25) is 4.90 Å². The molecule has 2 aromatic rings. The summed E-state index contributed by atoms with van der Waals surface area (Å²) in [5.74, 6) is 0. The third kappa shape index (κ3) is 3.61. The average Bonchev–Trinajstić information content (AvgIpc) is 2.86. The highest BCUT2D eigenvalue weighted by Gasteiger charge is 2.24. The second-order valence-electron chi connectivity index (χ2n) is 5.27. The molecule has 2 heterocycles. The van der Waals surface area contributed by atoms with Crippen LogP contribution in [0.15, 0.2) is 35.0 Å². The lowest BCUT2D eigenvalue weighted by molar-refractivity contribution is 0.241. The Morgan fingerprint density at radius 2 is 1.95 bits per heavy atom. The molecule has 1 atom stereocenters. The minimum Gasteiger partial charge on any atom is -0.315 e. The molecule has 0 spiro atoms. The summed E-state index contributed by atoms with van der Waals surface area (Å²) in [5.41, 5.74) is 2.55. The minimum absolute atomic E-state index is 0.255. The van der Waals surface area contributed by atoms with Crippen molar-refractivity contribution in [2.24, 2.45) is 0 Å². The van der Waals surface area contributed by atoms with Gasteiger partial charge in [0.05, 0.1) is 16.1 Å². The fraction of sp³-hybridized carbons (Fsp3) is 0.375. The topological polar surface area (TPSA) is 15.3 Å². The van der Waals surface area contributed by atoms with E-state index in [1.165, 1.54) is 17.5 Å². The van der Waals surface area contributed by atoms with E-state index < -0.39 is 0 Å². The van der Waals surface area contributed by atoms with Crippen molar-refractivity contribution in [3.05, 3.63) is 56.2 Å². The molecule has 0 aliphatic carbocycles. The summed E-state index contributed by atoms with van der Waals surface area (Å²) in [6.45, 7) is 4.25. The van der Waals surface area contributed by atoms with Crippen LogP contribution >= 0.6 is 34.5 Å². The predicted octanol–water partition coefficient (Wildman–Crippen LogP) is 4.44. The summed E-state index contributed by atoms with van der Waals surface area (Å²) in [6, 6.07) is 8.45. The molecule has 1 saturated heterocycles. The van der Waals surface area contributed by atoms with Crippen LogP contribution in [0.3, 0.4) is 0 Å². The van der Waals surface area contributed by atoms with Crippen molar-refractivity contribution in [1.82, 2.24) is 10.2 Å². The fourth-order valence-electron chi connectivity index (χ4n) is 2.85. The molecule has 2 nitrogen and oxygen atoms in total. The summed E-state index contributed by atoms with van der Waals surface area (Å²) < 4.78 is 0. The molecule has 1 aliphatic rings. The lowest BCUT2D eigenvalue weighted by atomic mass is 9.99. The number of thiophene rings is 1. The second-order valence-corrected chi connectivity index (χ2v) is 6.87. The van der Waals surface area contributed by atoms with Gasteiger partial charge in [-0.15, -0.1) is 0 Å². The Kier molecular flexibility index (Phi) is 5.19. The molecule has 112 valence electrons. The monoisotopic (exact) mass is 340 g/mol. The Labute approximate surface area is 139 Å². The molecule has 1 N–H and O–H groups in total. The lowest BCUT2D eigenvalue weighted by Crippen LogP contribution is -2.32. The molecule has 3 rings (SSSR count). The Hall–Kier alpha value is -0.580. The Morgan fingerprint density at radius 1 is 1.05 bits per heavy atom. The number of hydrogen-bond acceptors (Lipinski definition) is 3. The number of halogens is 2. The van der Waals surface area contributed by atoms with Crippen molar-refractivity contribution in [3.63, 3.8) is 0 Å². The van der Waals surface area contributed by atoms with Gasteiger partial charge < -0.3 is 5.32 Å². The molecule has 1 unspecified atom stereocenters. The quantitative estimate of drug-likeness (QED) is 0.888. The summed E-state index contributed by atoms with van der Waals surface area (Å²) in [6.07, 6.45) is 1.17. The van der Waals surface area contributed by atoms with Gasteiger partial charge in [-0.2, -0.15) is 11.3 Å². The molecule has 1 fully saturated rings. The molecule has 0 radical (unpaired) electrons. The highest BCUT2D eigenvalue weighted by atomic mass is 35.5. The predicted molar refractivity (Wildman–Crippen MR) is 91.7 cm³/mol. The summed E-state index contributed by atoms with van der Waals surface area (Å²) in [7, 11) is 0. The van der Waals surface area contributed by atoms with Crippen LogP contribution in [0.2, 0.25) is 10.0 Å². The van der Waals surface area contributed by atoms with Crippen LogP contribution in [0, 0.1) is 0 Å². The van der Waals surface area contributed by atoms with Gasteiger partial charge in [-0.1, -0.05) is 29.3 Å². The van der Waals surface area contributed by atoms with Crippen LogP contribution in [0.25, 0.3) is 0 Å². The SMILES string of the molecule is Clc1ccc(C(c2ccsc2)N2CCCNCC2)cc1Cl. The maximum absolute atomic E-state index is 6.23. The van der Waals surface area contributed by atoms with Crippen molar-refractivity contribution in [3.8, 4) is 0 Å². The van der Waals surface area contributed by atoms with E-state index in [0.29, 0.717) is 10.0 Å². The average molecular weight is 341 g/mol. The van der Waals surface area contributed by atoms with Crippen LogP contribution in [-0.4, -0.2) is 31.1 Å². The van der Waals surface area contributed by atoms with E-state index in [9.17, 15) is 0 Å². The highest BCUT2D eigenvalue weighted by molar-refractivity contribution is 7.08. The molecule has 0 saturated carbocycles. The van der Waals surface area contributed by atoms with Crippen molar-refractivity contribution < 1.29 is 0 Å². The lowest BCUT2D eigenvalue weighted by Gasteiger charge is -2.30. The summed E-state index contributed by atoms with van der Waals surface area (Å²) in [4.78, 5) is 2.53. The Morgan fingerprint density at radius 3 is 2.71 bits per heavy atom. The fourth-order valence-corrected chi connectivity index (χ4v) is 3.84. The highest BCUT2D eigenvalue weighted by Crippen LogP contribution is 2.34. The van der Waals surface area contributed by atoms with Crippen LogP contribution in [0.5, 0.6) is 0 Å². The van der Waals surface area contributed by atoms with Crippen LogP contribution < -0.4 is 5.32 Å². The largest absolute Gasteiger partial charge is 0.315 e.